The highest BCUT2D eigenvalue weighted by Crippen LogP contribution is 2.29. The molecule has 1 aliphatic rings. The summed E-state index contributed by atoms with van der Waals surface area (Å²) < 4.78 is 10.6. The number of amides is 1. The summed E-state index contributed by atoms with van der Waals surface area (Å²) >= 11 is 0. The molecule has 0 radical (unpaired) electrons. The summed E-state index contributed by atoms with van der Waals surface area (Å²) in [6.07, 6.45) is 2.19. The van der Waals surface area contributed by atoms with E-state index in [1.165, 1.54) is 0 Å². The molecule has 0 aliphatic heterocycles. The molecule has 0 spiro atoms. The van der Waals surface area contributed by atoms with Crippen molar-refractivity contribution < 1.29 is 24.2 Å². The Morgan fingerprint density at radius 3 is 2.78 bits per heavy atom. The lowest BCUT2D eigenvalue weighted by molar-refractivity contribution is -0.140. The number of rotatable bonds is 10. The van der Waals surface area contributed by atoms with Crippen molar-refractivity contribution >= 4 is 11.9 Å². The Bertz CT molecular complexity index is 542. The second-order valence-electron chi connectivity index (χ2n) is 5.77. The molecule has 6 nitrogen and oxygen atoms in total. The summed E-state index contributed by atoms with van der Waals surface area (Å²) in [5.41, 5.74) is 0.927. The van der Waals surface area contributed by atoms with Crippen molar-refractivity contribution in [3.63, 3.8) is 0 Å². The first-order valence-electron chi connectivity index (χ1n) is 7.78. The molecule has 0 unspecified atom stereocenters. The number of methoxy groups -OCH3 is 1. The van der Waals surface area contributed by atoms with Gasteiger partial charge in [-0.1, -0.05) is 12.1 Å². The number of hydrogen-bond acceptors (Lipinski definition) is 4. The SMILES string of the molecule is COc1cccc(COCC(=O)N(CCC(=O)O)CC2CC2)c1. The number of carbonyl (C=O) groups excluding carboxylic acids is 1. The summed E-state index contributed by atoms with van der Waals surface area (Å²) in [4.78, 5) is 24.5. The van der Waals surface area contributed by atoms with E-state index in [4.69, 9.17) is 14.6 Å². The maximum Gasteiger partial charge on any atom is 0.305 e. The number of carboxylic acid groups (broad SMARTS) is 1. The van der Waals surface area contributed by atoms with Crippen LogP contribution in [0.1, 0.15) is 24.8 Å². The maximum absolute atomic E-state index is 12.2. The first kappa shape index (κ1) is 17.3. The highest BCUT2D eigenvalue weighted by atomic mass is 16.5. The van der Waals surface area contributed by atoms with Gasteiger partial charge in [-0.15, -0.1) is 0 Å². The van der Waals surface area contributed by atoms with Gasteiger partial charge in [-0.25, -0.2) is 0 Å². The van der Waals surface area contributed by atoms with Gasteiger partial charge in [0.25, 0.3) is 0 Å². The molecular weight excluding hydrogens is 298 g/mol. The maximum atomic E-state index is 12.2. The molecule has 0 heterocycles. The summed E-state index contributed by atoms with van der Waals surface area (Å²) in [5.74, 6) is 0.220. The van der Waals surface area contributed by atoms with E-state index in [0.29, 0.717) is 19.1 Å². The highest BCUT2D eigenvalue weighted by molar-refractivity contribution is 5.78. The fourth-order valence-corrected chi connectivity index (χ4v) is 2.27. The van der Waals surface area contributed by atoms with Gasteiger partial charge in [0.1, 0.15) is 12.4 Å². The lowest BCUT2D eigenvalue weighted by Crippen LogP contribution is -2.37. The van der Waals surface area contributed by atoms with Gasteiger partial charge in [0.2, 0.25) is 5.91 Å². The van der Waals surface area contributed by atoms with Crippen molar-refractivity contribution in [1.82, 2.24) is 4.90 Å². The van der Waals surface area contributed by atoms with Gasteiger partial charge >= 0.3 is 5.97 Å². The molecule has 126 valence electrons. The van der Waals surface area contributed by atoms with Gasteiger partial charge in [-0.05, 0) is 36.5 Å². The minimum absolute atomic E-state index is 0.0334. The Morgan fingerprint density at radius 1 is 1.35 bits per heavy atom. The second-order valence-corrected chi connectivity index (χ2v) is 5.77. The zero-order valence-corrected chi connectivity index (χ0v) is 13.4. The number of nitrogens with zero attached hydrogens (tertiary/aromatic N) is 1. The average molecular weight is 321 g/mol. The fraction of sp³-hybridized carbons (Fsp3) is 0.529. The van der Waals surface area contributed by atoms with E-state index in [1.807, 2.05) is 24.3 Å². The largest absolute Gasteiger partial charge is 0.497 e. The standard InChI is InChI=1S/C17H23NO5/c1-22-15-4-2-3-14(9-15)11-23-12-16(19)18(8-7-17(20)21)10-13-5-6-13/h2-4,9,13H,5-8,10-12H2,1H3,(H,20,21). The van der Waals surface area contributed by atoms with Gasteiger partial charge in [-0.2, -0.15) is 0 Å². The van der Waals surface area contributed by atoms with Crippen molar-refractivity contribution in [2.45, 2.75) is 25.9 Å². The smallest absolute Gasteiger partial charge is 0.305 e. The minimum atomic E-state index is -0.893. The van der Waals surface area contributed by atoms with Crippen LogP contribution in [0.2, 0.25) is 0 Å². The molecule has 23 heavy (non-hydrogen) atoms. The molecule has 0 bridgehead atoms. The number of aliphatic carboxylic acids is 1. The third kappa shape index (κ3) is 6.28. The quantitative estimate of drug-likeness (QED) is 0.712. The van der Waals surface area contributed by atoms with E-state index >= 15 is 0 Å². The Morgan fingerprint density at radius 2 is 2.13 bits per heavy atom. The zero-order valence-electron chi connectivity index (χ0n) is 13.4. The van der Waals surface area contributed by atoms with Crippen molar-refractivity contribution in [1.29, 1.82) is 0 Å². The number of ether oxygens (including phenoxy) is 2. The third-order valence-corrected chi connectivity index (χ3v) is 3.75. The van der Waals surface area contributed by atoms with Crippen LogP contribution in [0.5, 0.6) is 5.75 Å². The van der Waals surface area contributed by atoms with Crippen LogP contribution in [0.4, 0.5) is 0 Å². The third-order valence-electron chi connectivity index (χ3n) is 3.75. The molecule has 0 aromatic heterocycles. The Labute approximate surface area is 136 Å². The van der Waals surface area contributed by atoms with Crippen molar-refractivity contribution in [2.75, 3.05) is 26.8 Å². The van der Waals surface area contributed by atoms with E-state index in [0.717, 1.165) is 24.2 Å². The second kappa shape index (κ2) is 8.53. The monoisotopic (exact) mass is 321 g/mol. The van der Waals surface area contributed by atoms with E-state index < -0.39 is 5.97 Å². The number of benzene rings is 1. The van der Waals surface area contributed by atoms with Crippen LogP contribution in [-0.2, 0) is 20.9 Å². The minimum Gasteiger partial charge on any atom is -0.497 e. The molecule has 1 aliphatic carbocycles. The number of hydrogen-bond donors (Lipinski definition) is 1. The Balaban J connectivity index is 1.78. The van der Waals surface area contributed by atoms with E-state index in [2.05, 4.69) is 0 Å². The molecule has 1 fully saturated rings. The van der Waals surface area contributed by atoms with Crippen LogP contribution in [0, 0.1) is 5.92 Å². The van der Waals surface area contributed by atoms with Gasteiger partial charge < -0.3 is 19.5 Å². The van der Waals surface area contributed by atoms with E-state index in [1.54, 1.807) is 12.0 Å². The van der Waals surface area contributed by atoms with Gasteiger partial charge in [0, 0.05) is 13.1 Å². The number of carboxylic acids is 1. The molecule has 1 N–H and O–H groups in total. The highest BCUT2D eigenvalue weighted by Gasteiger charge is 2.26. The lowest BCUT2D eigenvalue weighted by atomic mass is 10.2. The molecule has 0 atom stereocenters. The molecule has 0 saturated heterocycles. The average Bonchev–Trinajstić information content (AvgIpc) is 3.35. The Kier molecular flexibility index (Phi) is 6.40. The van der Waals surface area contributed by atoms with Crippen LogP contribution in [0.15, 0.2) is 24.3 Å². The van der Waals surface area contributed by atoms with Crippen LogP contribution >= 0.6 is 0 Å². The molecule has 1 amide bonds. The van der Waals surface area contributed by atoms with Crippen LogP contribution < -0.4 is 4.74 Å². The predicted octanol–water partition coefficient (Wildman–Crippen LogP) is 1.93. The Hall–Kier alpha value is -2.08. The lowest BCUT2D eigenvalue weighted by Gasteiger charge is -2.21. The topological polar surface area (TPSA) is 76.1 Å². The molecule has 6 heteroatoms. The molecule has 1 saturated carbocycles. The first-order chi connectivity index (χ1) is 11.1. The fourth-order valence-electron chi connectivity index (χ4n) is 2.27. The van der Waals surface area contributed by atoms with Crippen LogP contribution in [0.3, 0.4) is 0 Å². The molecule has 1 aromatic carbocycles. The van der Waals surface area contributed by atoms with E-state index in [-0.39, 0.29) is 25.5 Å². The summed E-state index contributed by atoms with van der Waals surface area (Å²) in [6, 6.07) is 7.47. The van der Waals surface area contributed by atoms with Crippen LogP contribution in [-0.4, -0.2) is 48.7 Å². The van der Waals surface area contributed by atoms with Gasteiger partial charge in [0.05, 0.1) is 20.1 Å². The van der Waals surface area contributed by atoms with E-state index in [9.17, 15) is 9.59 Å². The normalized spacial score (nSPS) is 13.6. The number of carbonyl (C=O) groups is 2. The molecule has 2 rings (SSSR count). The predicted molar refractivity (Wildman–Crippen MR) is 84.2 cm³/mol. The van der Waals surface area contributed by atoms with Gasteiger partial charge in [-0.3, -0.25) is 9.59 Å². The van der Waals surface area contributed by atoms with Crippen molar-refractivity contribution in [3.8, 4) is 5.75 Å². The van der Waals surface area contributed by atoms with Crippen molar-refractivity contribution in [2.24, 2.45) is 5.92 Å². The zero-order chi connectivity index (χ0) is 16.7. The summed E-state index contributed by atoms with van der Waals surface area (Å²) in [5, 5.41) is 8.79. The molecular formula is C17H23NO5. The first-order valence-corrected chi connectivity index (χ1v) is 7.78. The summed E-state index contributed by atoms with van der Waals surface area (Å²) in [6.45, 7) is 1.16. The van der Waals surface area contributed by atoms with Crippen LogP contribution in [0.25, 0.3) is 0 Å². The molecule has 1 aromatic rings. The van der Waals surface area contributed by atoms with Gasteiger partial charge in [0.15, 0.2) is 0 Å². The van der Waals surface area contributed by atoms with Crippen molar-refractivity contribution in [3.05, 3.63) is 29.8 Å². The summed E-state index contributed by atoms with van der Waals surface area (Å²) in [7, 11) is 1.60.